The molecule has 0 heterocycles. The first-order chi connectivity index (χ1) is 8.85. The van der Waals surface area contributed by atoms with Crippen molar-refractivity contribution in [1.29, 1.82) is 0 Å². The zero-order chi connectivity index (χ0) is 12.8. The van der Waals surface area contributed by atoms with Crippen LogP contribution in [0, 0.1) is 0 Å². The van der Waals surface area contributed by atoms with Gasteiger partial charge in [0.15, 0.2) is 5.75 Å². The summed E-state index contributed by atoms with van der Waals surface area (Å²) in [6, 6.07) is 18.1. The van der Waals surface area contributed by atoms with Crippen LogP contribution in [0.1, 0.15) is 13.8 Å². The SMILES string of the molecule is CCN(CC)c1ccccc1Oc1ccccc1. The third kappa shape index (κ3) is 2.83. The zero-order valence-corrected chi connectivity index (χ0v) is 11.0. The van der Waals surface area contributed by atoms with Gasteiger partial charge in [-0.2, -0.15) is 0 Å². The topological polar surface area (TPSA) is 12.5 Å². The molecule has 2 heteroatoms. The van der Waals surface area contributed by atoms with E-state index in [1.165, 1.54) is 0 Å². The van der Waals surface area contributed by atoms with Crippen molar-refractivity contribution < 1.29 is 4.74 Å². The molecule has 0 fully saturated rings. The monoisotopic (exact) mass is 241 g/mol. The van der Waals surface area contributed by atoms with E-state index in [2.05, 4.69) is 24.8 Å². The summed E-state index contributed by atoms with van der Waals surface area (Å²) in [5.74, 6) is 1.78. The first-order valence-electron chi connectivity index (χ1n) is 6.42. The Bertz CT molecular complexity index is 477. The van der Waals surface area contributed by atoms with Crippen LogP contribution in [0.3, 0.4) is 0 Å². The van der Waals surface area contributed by atoms with E-state index < -0.39 is 0 Å². The molecule has 0 N–H and O–H groups in total. The Balaban J connectivity index is 2.28. The van der Waals surface area contributed by atoms with Gasteiger partial charge in [-0.15, -0.1) is 0 Å². The Morgan fingerprint density at radius 2 is 1.44 bits per heavy atom. The van der Waals surface area contributed by atoms with Crippen LogP contribution in [-0.2, 0) is 0 Å². The maximum Gasteiger partial charge on any atom is 0.150 e. The molecule has 2 nitrogen and oxygen atoms in total. The number of anilines is 1. The van der Waals surface area contributed by atoms with Crippen molar-refractivity contribution in [1.82, 2.24) is 0 Å². The third-order valence-corrected chi connectivity index (χ3v) is 2.94. The van der Waals surface area contributed by atoms with Gasteiger partial charge in [-0.25, -0.2) is 0 Å². The van der Waals surface area contributed by atoms with Crippen LogP contribution in [0.25, 0.3) is 0 Å². The lowest BCUT2D eigenvalue weighted by Gasteiger charge is -2.23. The van der Waals surface area contributed by atoms with Crippen molar-refractivity contribution in [3.8, 4) is 11.5 Å². The van der Waals surface area contributed by atoms with Crippen LogP contribution >= 0.6 is 0 Å². The van der Waals surface area contributed by atoms with E-state index >= 15 is 0 Å². The number of benzene rings is 2. The average Bonchev–Trinajstić information content (AvgIpc) is 2.43. The molecule has 2 aromatic carbocycles. The van der Waals surface area contributed by atoms with E-state index in [0.29, 0.717) is 0 Å². The molecule has 2 aromatic rings. The number of hydrogen-bond acceptors (Lipinski definition) is 2. The summed E-state index contributed by atoms with van der Waals surface area (Å²) in [7, 11) is 0. The average molecular weight is 241 g/mol. The summed E-state index contributed by atoms with van der Waals surface area (Å²) in [6.45, 7) is 6.27. The second-order valence-corrected chi connectivity index (χ2v) is 4.06. The van der Waals surface area contributed by atoms with Crippen molar-refractivity contribution in [3.05, 3.63) is 54.6 Å². The molecule has 2 rings (SSSR count). The van der Waals surface area contributed by atoms with Crippen LogP contribution < -0.4 is 9.64 Å². The summed E-state index contributed by atoms with van der Waals surface area (Å²) >= 11 is 0. The van der Waals surface area contributed by atoms with Crippen molar-refractivity contribution in [2.75, 3.05) is 18.0 Å². The van der Waals surface area contributed by atoms with Crippen molar-refractivity contribution >= 4 is 5.69 Å². The smallest absolute Gasteiger partial charge is 0.150 e. The van der Waals surface area contributed by atoms with Gasteiger partial charge in [-0.3, -0.25) is 0 Å². The van der Waals surface area contributed by atoms with E-state index in [-0.39, 0.29) is 0 Å². The Hall–Kier alpha value is -1.96. The number of ether oxygens (including phenoxy) is 1. The molecule has 18 heavy (non-hydrogen) atoms. The molecule has 0 radical (unpaired) electrons. The van der Waals surface area contributed by atoms with Gasteiger partial charge in [0.2, 0.25) is 0 Å². The lowest BCUT2D eigenvalue weighted by molar-refractivity contribution is 0.481. The minimum Gasteiger partial charge on any atom is -0.455 e. The van der Waals surface area contributed by atoms with Gasteiger partial charge < -0.3 is 9.64 Å². The number of hydrogen-bond donors (Lipinski definition) is 0. The fourth-order valence-corrected chi connectivity index (χ4v) is 1.98. The molecule has 0 amide bonds. The van der Waals surface area contributed by atoms with E-state index in [9.17, 15) is 0 Å². The minimum atomic E-state index is 0.872. The number of rotatable bonds is 5. The quantitative estimate of drug-likeness (QED) is 0.772. The molecule has 0 aliphatic carbocycles. The van der Waals surface area contributed by atoms with Crippen LogP contribution in [0.4, 0.5) is 5.69 Å². The maximum atomic E-state index is 5.95. The Kier molecular flexibility index (Phi) is 4.24. The molecule has 0 aliphatic rings. The van der Waals surface area contributed by atoms with Crippen molar-refractivity contribution in [2.45, 2.75) is 13.8 Å². The lowest BCUT2D eigenvalue weighted by Crippen LogP contribution is -2.22. The molecular weight excluding hydrogens is 222 g/mol. The molecule has 0 saturated heterocycles. The Labute approximate surface area is 109 Å². The first-order valence-corrected chi connectivity index (χ1v) is 6.42. The molecule has 0 atom stereocenters. The van der Waals surface area contributed by atoms with Crippen LogP contribution in [0.5, 0.6) is 11.5 Å². The predicted octanol–water partition coefficient (Wildman–Crippen LogP) is 4.33. The molecule has 0 unspecified atom stereocenters. The van der Waals surface area contributed by atoms with E-state index in [1.807, 2.05) is 48.5 Å². The van der Waals surface area contributed by atoms with Gasteiger partial charge in [0.05, 0.1) is 5.69 Å². The fraction of sp³-hybridized carbons (Fsp3) is 0.250. The Morgan fingerprint density at radius 3 is 2.11 bits per heavy atom. The standard InChI is InChI=1S/C16H19NO/c1-3-17(4-2)15-12-8-9-13-16(15)18-14-10-6-5-7-11-14/h5-13H,3-4H2,1-2H3. The molecule has 94 valence electrons. The van der Waals surface area contributed by atoms with Gasteiger partial charge in [-0.05, 0) is 38.1 Å². The van der Waals surface area contributed by atoms with Crippen LogP contribution in [0.2, 0.25) is 0 Å². The normalized spacial score (nSPS) is 10.1. The summed E-state index contributed by atoms with van der Waals surface area (Å²) in [4.78, 5) is 2.29. The molecule has 0 aliphatic heterocycles. The lowest BCUT2D eigenvalue weighted by atomic mass is 10.2. The highest BCUT2D eigenvalue weighted by Gasteiger charge is 2.09. The van der Waals surface area contributed by atoms with Gasteiger partial charge in [0, 0.05) is 13.1 Å². The van der Waals surface area contributed by atoms with Gasteiger partial charge in [0.25, 0.3) is 0 Å². The maximum absolute atomic E-state index is 5.95. The predicted molar refractivity (Wildman–Crippen MR) is 76.5 cm³/mol. The minimum absolute atomic E-state index is 0.872. The summed E-state index contributed by atoms with van der Waals surface area (Å²) in [5, 5.41) is 0. The summed E-state index contributed by atoms with van der Waals surface area (Å²) in [5.41, 5.74) is 1.14. The van der Waals surface area contributed by atoms with Crippen LogP contribution in [-0.4, -0.2) is 13.1 Å². The fourth-order valence-electron chi connectivity index (χ4n) is 1.98. The molecule has 0 spiro atoms. The van der Waals surface area contributed by atoms with Crippen LogP contribution in [0.15, 0.2) is 54.6 Å². The molecule has 0 aromatic heterocycles. The third-order valence-electron chi connectivity index (χ3n) is 2.94. The van der Waals surface area contributed by atoms with E-state index in [1.54, 1.807) is 0 Å². The largest absolute Gasteiger partial charge is 0.455 e. The second kappa shape index (κ2) is 6.10. The number of nitrogens with zero attached hydrogens (tertiary/aromatic N) is 1. The highest BCUT2D eigenvalue weighted by atomic mass is 16.5. The van der Waals surface area contributed by atoms with Crippen molar-refractivity contribution in [2.24, 2.45) is 0 Å². The van der Waals surface area contributed by atoms with Gasteiger partial charge in [-0.1, -0.05) is 30.3 Å². The highest BCUT2D eigenvalue weighted by Crippen LogP contribution is 2.31. The van der Waals surface area contributed by atoms with Gasteiger partial charge in [0.1, 0.15) is 5.75 Å². The Morgan fingerprint density at radius 1 is 0.833 bits per heavy atom. The molecule has 0 saturated carbocycles. The number of para-hydroxylation sites is 3. The second-order valence-electron chi connectivity index (χ2n) is 4.06. The zero-order valence-electron chi connectivity index (χ0n) is 11.0. The summed E-state index contributed by atoms with van der Waals surface area (Å²) in [6.07, 6.45) is 0. The van der Waals surface area contributed by atoms with E-state index in [0.717, 1.165) is 30.3 Å². The first kappa shape index (κ1) is 12.5. The molecular formula is C16H19NO. The van der Waals surface area contributed by atoms with Gasteiger partial charge >= 0.3 is 0 Å². The molecule has 0 bridgehead atoms. The summed E-state index contributed by atoms with van der Waals surface area (Å²) < 4.78 is 5.95. The van der Waals surface area contributed by atoms with E-state index in [4.69, 9.17) is 4.74 Å². The van der Waals surface area contributed by atoms with Crippen molar-refractivity contribution in [3.63, 3.8) is 0 Å². The highest BCUT2D eigenvalue weighted by molar-refractivity contribution is 5.59.